The summed E-state index contributed by atoms with van der Waals surface area (Å²) in [5.41, 5.74) is 2.67. The number of hydrogen-bond donors (Lipinski definition) is 1. The maximum atomic E-state index is 12.6. The number of ether oxygens (including phenoxy) is 1. The standard InChI is InChI=1S/C23H23NO5/c1-12(2)24-21(25)18-10-16-6-7-17(11-19(16)29-22(18)26)28-23(27)20-14(4)8-13(3)9-15(20)5/h6-12H,1-5H3,(H,24,25). The van der Waals surface area contributed by atoms with Gasteiger partial charge in [-0.05, 0) is 63.9 Å². The molecule has 2 aromatic carbocycles. The van der Waals surface area contributed by atoms with Crippen molar-refractivity contribution in [2.24, 2.45) is 0 Å². The van der Waals surface area contributed by atoms with Gasteiger partial charge in [-0.3, -0.25) is 4.79 Å². The van der Waals surface area contributed by atoms with Gasteiger partial charge in [0, 0.05) is 17.5 Å². The quantitative estimate of drug-likeness (QED) is 0.410. The lowest BCUT2D eigenvalue weighted by Gasteiger charge is -2.11. The number of hydrogen-bond acceptors (Lipinski definition) is 5. The molecule has 0 unspecified atom stereocenters. The van der Waals surface area contributed by atoms with E-state index in [1.165, 1.54) is 12.1 Å². The third kappa shape index (κ3) is 4.37. The Kier molecular flexibility index (Phi) is 5.55. The van der Waals surface area contributed by atoms with Gasteiger partial charge >= 0.3 is 11.6 Å². The summed E-state index contributed by atoms with van der Waals surface area (Å²) in [4.78, 5) is 37.0. The molecule has 0 spiro atoms. The summed E-state index contributed by atoms with van der Waals surface area (Å²) in [5, 5.41) is 3.22. The molecule has 3 aromatic rings. The molecule has 150 valence electrons. The normalized spacial score (nSPS) is 11.0. The molecular weight excluding hydrogens is 370 g/mol. The third-order valence-corrected chi connectivity index (χ3v) is 4.46. The van der Waals surface area contributed by atoms with Gasteiger partial charge in [-0.2, -0.15) is 0 Å². The van der Waals surface area contributed by atoms with Crippen LogP contribution in [0.1, 0.15) is 51.3 Å². The number of benzene rings is 2. The fourth-order valence-electron chi connectivity index (χ4n) is 3.31. The third-order valence-electron chi connectivity index (χ3n) is 4.46. The topological polar surface area (TPSA) is 85.6 Å². The lowest BCUT2D eigenvalue weighted by atomic mass is 10.00. The summed E-state index contributed by atoms with van der Waals surface area (Å²) in [7, 11) is 0. The van der Waals surface area contributed by atoms with Gasteiger partial charge in [0.05, 0.1) is 5.56 Å². The van der Waals surface area contributed by atoms with E-state index in [1.807, 2.05) is 32.9 Å². The number of carbonyl (C=O) groups is 2. The SMILES string of the molecule is Cc1cc(C)c(C(=O)Oc2ccc3cc(C(=O)NC(C)C)c(=O)oc3c2)c(C)c1. The Morgan fingerprint density at radius 1 is 1.00 bits per heavy atom. The molecule has 6 heteroatoms. The Balaban J connectivity index is 1.92. The Labute approximate surface area is 168 Å². The second-order valence-corrected chi connectivity index (χ2v) is 7.44. The van der Waals surface area contributed by atoms with Crippen LogP contribution in [0, 0.1) is 20.8 Å². The summed E-state index contributed by atoms with van der Waals surface area (Å²) in [6.07, 6.45) is 0. The number of fused-ring (bicyclic) bond motifs is 1. The van der Waals surface area contributed by atoms with E-state index >= 15 is 0 Å². The maximum Gasteiger partial charge on any atom is 0.349 e. The lowest BCUT2D eigenvalue weighted by Crippen LogP contribution is -2.33. The summed E-state index contributed by atoms with van der Waals surface area (Å²) >= 11 is 0. The molecule has 1 N–H and O–H groups in total. The highest BCUT2D eigenvalue weighted by Crippen LogP contribution is 2.23. The van der Waals surface area contributed by atoms with Crippen LogP contribution in [0.3, 0.4) is 0 Å². The lowest BCUT2D eigenvalue weighted by molar-refractivity contribution is 0.0733. The van der Waals surface area contributed by atoms with Crippen LogP contribution >= 0.6 is 0 Å². The van der Waals surface area contributed by atoms with E-state index in [0.29, 0.717) is 10.9 Å². The van der Waals surface area contributed by atoms with Crippen molar-refractivity contribution >= 4 is 22.8 Å². The molecule has 6 nitrogen and oxygen atoms in total. The maximum absolute atomic E-state index is 12.6. The van der Waals surface area contributed by atoms with Crippen LogP contribution < -0.4 is 15.7 Å². The molecule has 3 rings (SSSR count). The zero-order valence-electron chi connectivity index (χ0n) is 17.1. The monoisotopic (exact) mass is 393 g/mol. The van der Waals surface area contributed by atoms with Crippen molar-refractivity contribution in [1.29, 1.82) is 0 Å². The smallest absolute Gasteiger partial charge is 0.349 e. The summed E-state index contributed by atoms with van der Waals surface area (Å²) in [5.74, 6) is -0.712. The number of aryl methyl sites for hydroxylation is 3. The van der Waals surface area contributed by atoms with E-state index in [2.05, 4.69) is 5.32 Å². The molecule has 0 atom stereocenters. The average molecular weight is 393 g/mol. The molecule has 0 saturated heterocycles. The first-order chi connectivity index (χ1) is 13.7. The molecule has 29 heavy (non-hydrogen) atoms. The number of amides is 1. The van der Waals surface area contributed by atoms with Crippen molar-refractivity contribution in [3.8, 4) is 5.75 Å². The van der Waals surface area contributed by atoms with Gasteiger partial charge in [-0.25, -0.2) is 9.59 Å². The minimum absolute atomic E-state index is 0.0677. The van der Waals surface area contributed by atoms with E-state index in [0.717, 1.165) is 16.7 Å². The molecule has 1 heterocycles. The van der Waals surface area contributed by atoms with Crippen LogP contribution in [0.25, 0.3) is 11.0 Å². The minimum atomic E-state index is -0.746. The first-order valence-electron chi connectivity index (χ1n) is 9.34. The highest BCUT2D eigenvalue weighted by molar-refractivity contribution is 5.97. The van der Waals surface area contributed by atoms with Gasteiger partial charge in [0.2, 0.25) is 0 Å². The van der Waals surface area contributed by atoms with Crippen molar-refractivity contribution in [3.63, 3.8) is 0 Å². The van der Waals surface area contributed by atoms with Crippen molar-refractivity contribution in [1.82, 2.24) is 5.32 Å². The number of carbonyl (C=O) groups excluding carboxylic acids is 2. The first kappa shape index (κ1) is 20.3. The molecular formula is C23H23NO5. The Morgan fingerprint density at radius 2 is 1.66 bits per heavy atom. The Bertz CT molecular complexity index is 1150. The molecule has 0 fully saturated rings. The van der Waals surface area contributed by atoms with Crippen LogP contribution in [-0.2, 0) is 0 Å². The van der Waals surface area contributed by atoms with Crippen LogP contribution in [0.2, 0.25) is 0 Å². The molecule has 1 amide bonds. The van der Waals surface area contributed by atoms with Crippen LogP contribution in [-0.4, -0.2) is 17.9 Å². The molecule has 0 aliphatic rings. The van der Waals surface area contributed by atoms with Gasteiger partial charge in [0.25, 0.3) is 5.91 Å². The van der Waals surface area contributed by atoms with E-state index in [9.17, 15) is 14.4 Å². The second kappa shape index (κ2) is 7.91. The predicted octanol–water partition coefficient (Wildman–Crippen LogP) is 4.08. The largest absolute Gasteiger partial charge is 0.423 e. The van der Waals surface area contributed by atoms with E-state index in [-0.39, 0.29) is 22.9 Å². The molecule has 1 aromatic heterocycles. The van der Waals surface area contributed by atoms with Gasteiger partial charge in [0.15, 0.2) is 0 Å². The highest BCUT2D eigenvalue weighted by atomic mass is 16.5. The fraction of sp³-hybridized carbons (Fsp3) is 0.261. The van der Waals surface area contributed by atoms with E-state index < -0.39 is 17.5 Å². The first-order valence-corrected chi connectivity index (χ1v) is 9.34. The average Bonchev–Trinajstić information content (AvgIpc) is 2.59. The summed E-state index contributed by atoms with van der Waals surface area (Å²) in [6.45, 7) is 9.30. The van der Waals surface area contributed by atoms with E-state index in [4.69, 9.17) is 9.15 Å². The van der Waals surface area contributed by atoms with Gasteiger partial charge in [0.1, 0.15) is 16.9 Å². The summed E-state index contributed by atoms with van der Waals surface area (Å²) < 4.78 is 10.8. The minimum Gasteiger partial charge on any atom is -0.423 e. The molecule has 0 aliphatic carbocycles. The van der Waals surface area contributed by atoms with E-state index in [1.54, 1.807) is 26.0 Å². The highest BCUT2D eigenvalue weighted by Gasteiger charge is 2.17. The van der Waals surface area contributed by atoms with Crippen LogP contribution in [0.4, 0.5) is 0 Å². The zero-order chi connectivity index (χ0) is 21.3. The number of esters is 1. The second-order valence-electron chi connectivity index (χ2n) is 7.44. The van der Waals surface area contributed by atoms with Crippen molar-refractivity contribution in [3.05, 3.63) is 74.6 Å². The van der Waals surface area contributed by atoms with Gasteiger partial charge < -0.3 is 14.5 Å². The van der Waals surface area contributed by atoms with Crippen molar-refractivity contribution in [2.75, 3.05) is 0 Å². The van der Waals surface area contributed by atoms with Gasteiger partial charge in [-0.15, -0.1) is 0 Å². The van der Waals surface area contributed by atoms with Crippen molar-refractivity contribution < 1.29 is 18.7 Å². The Hall–Kier alpha value is -3.41. The summed E-state index contributed by atoms with van der Waals surface area (Å²) in [6, 6.07) is 9.93. The molecule has 0 radical (unpaired) electrons. The molecule has 0 aliphatic heterocycles. The van der Waals surface area contributed by atoms with Gasteiger partial charge in [-0.1, -0.05) is 17.7 Å². The van der Waals surface area contributed by atoms with Crippen molar-refractivity contribution in [2.45, 2.75) is 40.7 Å². The Morgan fingerprint density at radius 3 is 2.28 bits per heavy atom. The molecule has 0 bridgehead atoms. The fourth-order valence-corrected chi connectivity index (χ4v) is 3.31. The van der Waals surface area contributed by atoms with Crippen LogP contribution in [0.5, 0.6) is 5.75 Å². The number of nitrogens with one attached hydrogen (secondary N) is 1. The number of rotatable bonds is 4. The van der Waals surface area contributed by atoms with Crippen LogP contribution in [0.15, 0.2) is 45.6 Å². The zero-order valence-corrected chi connectivity index (χ0v) is 17.1. The predicted molar refractivity (Wildman–Crippen MR) is 111 cm³/mol. The molecule has 0 saturated carbocycles.